The second-order valence-corrected chi connectivity index (χ2v) is 7.93. The number of esters is 2. The molecule has 2 rings (SSSR count). The highest BCUT2D eigenvalue weighted by molar-refractivity contribution is 5.91. The molecule has 1 aromatic carbocycles. The van der Waals surface area contributed by atoms with E-state index >= 15 is 0 Å². The van der Waals surface area contributed by atoms with Gasteiger partial charge in [-0.2, -0.15) is 0 Å². The molecule has 0 aromatic heterocycles. The smallest absolute Gasteiger partial charge is 0.414 e. The molecular formula is C22H28N2O7. The van der Waals surface area contributed by atoms with Crippen molar-refractivity contribution in [3.8, 4) is 0 Å². The van der Waals surface area contributed by atoms with Crippen molar-refractivity contribution < 1.29 is 33.4 Å². The Morgan fingerprint density at radius 3 is 2.32 bits per heavy atom. The standard InChI is InChI=1S/C22H28N2O7/c1-22(2,3)31-18(25)11-10-17-20(27)23(14-19(26)29-4)12-13-24(17)21(28)30-15-16-8-6-5-7-9-16/h5-9,12-13,17H,10-11,14-15H2,1-4H3/t17-/m0/s1. The fourth-order valence-corrected chi connectivity index (χ4v) is 2.87. The highest BCUT2D eigenvalue weighted by Crippen LogP contribution is 2.20. The molecule has 0 unspecified atom stereocenters. The SMILES string of the molecule is COC(=O)CN1C=CN(C(=O)OCc2ccccc2)[C@@H](CCC(=O)OC(C)(C)C)C1=O. The summed E-state index contributed by atoms with van der Waals surface area (Å²) in [6.45, 7) is 4.95. The molecule has 0 spiro atoms. The lowest BCUT2D eigenvalue weighted by Crippen LogP contribution is -2.52. The van der Waals surface area contributed by atoms with Gasteiger partial charge in [0.25, 0.3) is 0 Å². The maximum absolute atomic E-state index is 12.9. The molecule has 1 aliphatic rings. The average molecular weight is 432 g/mol. The minimum Gasteiger partial charge on any atom is -0.468 e. The minimum atomic E-state index is -1.02. The maximum Gasteiger partial charge on any atom is 0.414 e. The summed E-state index contributed by atoms with van der Waals surface area (Å²) in [7, 11) is 1.22. The molecule has 0 radical (unpaired) electrons. The Labute approximate surface area is 181 Å². The molecule has 0 fully saturated rings. The lowest BCUT2D eigenvalue weighted by molar-refractivity contribution is -0.155. The first-order valence-electron chi connectivity index (χ1n) is 9.87. The second-order valence-electron chi connectivity index (χ2n) is 7.93. The van der Waals surface area contributed by atoms with Gasteiger partial charge in [0.2, 0.25) is 5.91 Å². The summed E-state index contributed by atoms with van der Waals surface area (Å²) in [5.41, 5.74) is 0.125. The monoisotopic (exact) mass is 432 g/mol. The highest BCUT2D eigenvalue weighted by Gasteiger charge is 2.37. The first-order valence-corrected chi connectivity index (χ1v) is 9.87. The van der Waals surface area contributed by atoms with Crippen LogP contribution in [0.25, 0.3) is 0 Å². The van der Waals surface area contributed by atoms with E-state index in [1.165, 1.54) is 19.5 Å². The summed E-state index contributed by atoms with van der Waals surface area (Å²) in [5.74, 6) is -1.62. The predicted octanol–water partition coefficient (Wildman–Crippen LogP) is 2.60. The van der Waals surface area contributed by atoms with Crippen LogP contribution in [0.1, 0.15) is 39.2 Å². The van der Waals surface area contributed by atoms with Crippen molar-refractivity contribution in [3.05, 3.63) is 48.3 Å². The van der Waals surface area contributed by atoms with E-state index < -0.39 is 35.6 Å². The molecular weight excluding hydrogens is 404 g/mol. The number of benzene rings is 1. The summed E-state index contributed by atoms with van der Waals surface area (Å²) in [5, 5.41) is 0. The normalized spacial score (nSPS) is 16.1. The van der Waals surface area contributed by atoms with Gasteiger partial charge in [0.1, 0.15) is 24.8 Å². The van der Waals surface area contributed by atoms with Crippen LogP contribution in [0.5, 0.6) is 0 Å². The van der Waals surface area contributed by atoms with Crippen LogP contribution in [0.2, 0.25) is 0 Å². The van der Waals surface area contributed by atoms with E-state index in [2.05, 4.69) is 4.74 Å². The fraction of sp³-hybridized carbons (Fsp3) is 0.455. The zero-order valence-corrected chi connectivity index (χ0v) is 18.2. The predicted molar refractivity (Wildman–Crippen MR) is 110 cm³/mol. The van der Waals surface area contributed by atoms with Crippen LogP contribution >= 0.6 is 0 Å². The molecule has 0 saturated heterocycles. The Hall–Kier alpha value is -3.36. The van der Waals surface area contributed by atoms with Gasteiger partial charge in [0, 0.05) is 18.8 Å². The van der Waals surface area contributed by atoms with Crippen LogP contribution < -0.4 is 0 Å². The summed E-state index contributed by atoms with van der Waals surface area (Å²) in [6.07, 6.45) is 1.86. The fourth-order valence-electron chi connectivity index (χ4n) is 2.87. The molecule has 1 heterocycles. The third-order valence-corrected chi connectivity index (χ3v) is 4.30. The van der Waals surface area contributed by atoms with Gasteiger partial charge in [-0.15, -0.1) is 0 Å². The quantitative estimate of drug-likeness (QED) is 0.482. The topological polar surface area (TPSA) is 102 Å². The van der Waals surface area contributed by atoms with Gasteiger partial charge in [-0.3, -0.25) is 19.3 Å². The molecule has 9 nitrogen and oxygen atoms in total. The van der Waals surface area contributed by atoms with E-state index in [0.717, 1.165) is 15.4 Å². The van der Waals surface area contributed by atoms with Gasteiger partial charge in [0.15, 0.2) is 0 Å². The Bertz CT molecular complexity index is 830. The van der Waals surface area contributed by atoms with Crippen LogP contribution in [0.15, 0.2) is 42.7 Å². The molecule has 0 saturated carbocycles. The molecule has 1 atom stereocenters. The Morgan fingerprint density at radius 2 is 1.71 bits per heavy atom. The van der Waals surface area contributed by atoms with Crippen molar-refractivity contribution in [3.63, 3.8) is 0 Å². The van der Waals surface area contributed by atoms with E-state index in [1.807, 2.05) is 30.3 Å². The molecule has 9 heteroatoms. The zero-order chi connectivity index (χ0) is 23.0. The number of methoxy groups -OCH3 is 1. The second kappa shape index (κ2) is 10.6. The van der Waals surface area contributed by atoms with E-state index in [4.69, 9.17) is 9.47 Å². The van der Waals surface area contributed by atoms with Crippen molar-refractivity contribution in [2.45, 2.75) is 51.9 Å². The van der Waals surface area contributed by atoms with E-state index in [1.54, 1.807) is 20.8 Å². The first-order chi connectivity index (χ1) is 14.6. The molecule has 0 N–H and O–H groups in total. The average Bonchev–Trinajstić information content (AvgIpc) is 2.71. The van der Waals surface area contributed by atoms with Crippen molar-refractivity contribution in [2.24, 2.45) is 0 Å². The summed E-state index contributed by atoms with van der Waals surface area (Å²) < 4.78 is 15.2. The molecule has 0 bridgehead atoms. The van der Waals surface area contributed by atoms with E-state index in [-0.39, 0.29) is 26.0 Å². The molecule has 2 amide bonds. The van der Waals surface area contributed by atoms with E-state index in [0.29, 0.717) is 0 Å². The third kappa shape index (κ3) is 7.44. The Kier molecular flexibility index (Phi) is 8.18. The highest BCUT2D eigenvalue weighted by atomic mass is 16.6. The van der Waals surface area contributed by atoms with Crippen LogP contribution in [0.4, 0.5) is 4.79 Å². The van der Waals surface area contributed by atoms with Crippen LogP contribution in [0, 0.1) is 0 Å². The Morgan fingerprint density at radius 1 is 1.03 bits per heavy atom. The minimum absolute atomic E-state index is 0.0101. The Balaban J connectivity index is 2.12. The number of rotatable bonds is 7. The van der Waals surface area contributed by atoms with Crippen molar-refractivity contribution in [1.82, 2.24) is 9.80 Å². The number of hydrogen-bond acceptors (Lipinski definition) is 7. The molecule has 168 valence electrons. The van der Waals surface area contributed by atoms with Crippen molar-refractivity contribution in [2.75, 3.05) is 13.7 Å². The number of hydrogen-bond donors (Lipinski definition) is 0. The lowest BCUT2D eigenvalue weighted by Gasteiger charge is -2.34. The molecule has 1 aliphatic heterocycles. The van der Waals surface area contributed by atoms with Crippen LogP contribution in [0.3, 0.4) is 0 Å². The molecule has 31 heavy (non-hydrogen) atoms. The van der Waals surface area contributed by atoms with Gasteiger partial charge >= 0.3 is 18.0 Å². The zero-order valence-electron chi connectivity index (χ0n) is 18.2. The van der Waals surface area contributed by atoms with Gasteiger partial charge in [0.05, 0.1) is 7.11 Å². The van der Waals surface area contributed by atoms with Crippen LogP contribution in [-0.4, -0.2) is 59.0 Å². The maximum atomic E-state index is 12.9. The summed E-state index contributed by atoms with van der Waals surface area (Å²) in [6, 6.07) is 8.08. The van der Waals surface area contributed by atoms with E-state index in [9.17, 15) is 19.2 Å². The summed E-state index contributed by atoms with van der Waals surface area (Å²) in [4.78, 5) is 51.6. The van der Waals surface area contributed by atoms with Crippen molar-refractivity contribution in [1.29, 1.82) is 0 Å². The van der Waals surface area contributed by atoms with Gasteiger partial charge in [-0.25, -0.2) is 4.79 Å². The lowest BCUT2D eigenvalue weighted by atomic mass is 10.1. The van der Waals surface area contributed by atoms with Crippen molar-refractivity contribution >= 4 is 23.9 Å². The number of ether oxygens (including phenoxy) is 3. The number of carbonyl (C=O) groups is 4. The van der Waals surface area contributed by atoms with Gasteiger partial charge in [-0.1, -0.05) is 30.3 Å². The largest absolute Gasteiger partial charge is 0.468 e. The first kappa shape index (κ1) is 23.9. The van der Waals surface area contributed by atoms with Crippen LogP contribution in [-0.2, 0) is 35.2 Å². The van der Waals surface area contributed by atoms with Gasteiger partial charge in [-0.05, 0) is 32.8 Å². The molecule has 1 aromatic rings. The third-order valence-electron chi connectivity index (χ3n) is 4.30. The number of nitrogens with zero attached hydrogens (tertiary/aromatic N) is 2. The number of carbonyl (C=O) groups excluding carboxylic acids is 4. The summed E-state index contributed by atoms with van der Waals surface area (Å²) >= 11 is 0. The van der Waals surface area contributed by atoms with Gasteiger partial charge < -0.3 is 19.1 Å². The number of amides is 2. The molecule has 0 aliphatic carbocycles.